The summed E-state index contributed by atoms with van der Waals surface area (Å²) in [6, 6.07) is 1.90. The van der Waals surface area contributed by atoms with Gasteiger partial charge in [0.1, 0.15) is 0 Å². The van der Waals surface area contributed by atoms with Crippen molar-refractivity contribution in [3.05, 3.63) is 29.1 Å². The topological polar surface area (TPSA) is 39.2 Å². The van der Waals surface area contributed by atoms with Crippen molar-refractivity contribution in [1.29, 1.82) is 0 Å². The highest BCUT2D eigenvalue weighted by molar-refractivity contribution is 5.91. The van der Waals surface area contributed by atoms with E-state index in [-0.39, 0.29) is 30.8 Å². The molecule has 1 fully saturated rings. The first-order valence-electron chi connectivity index (χ1n) is 8.19. The van der Waals surface area contributed by atoms with Crippen LogP contribution in [0.1, 0.15) is 80.9 Å². The molecular formula is C18H25F2NO2. The minimum atomic E-state index is -2.58. The summed E-state index contributed by atoms with van der Waals surface area (Å²) in [5.74, 6) is -3.05. The summed E-state index contributed by atoms with van der Waals surface area (Å²) < 4.78 is 32.0. The fraction of sp³-hybridized carbons (Fsp3) is 0.667. The second kappa shape index (κ2) is 6.54. The van der Waals surface area contributed by atoms with Gasteiger partial charge in [0.25, 0.3) is 0 Å². The van der Waals surface area contributed by atoms with Gasteiger partial charge in [0, 0.05) is 30.1 Å². The Morgan fingerprint density at radius 3 is 2.48 bits per heavy atom. The minimum Gasteiger partial charge on any atom is -0.462 e. The normalized spacial score (nSPS) is 18.7. The maximum absolute atomic E-state index is 13.4. The Bertz CT molecular complexity index is 569. The Kier molecular flexibility index (Phi) is 5.07. The Balaban J connectivity index is 2.38. The highest BCUT2D eigenvalue weighted by Gasteiger charge is 2.37. The fourth-order valence-electron chi connectivity index (χ4n) is 2.95. The Morgan fingerprint density at radius 2 is 1.96 bits per heavy atom. The number of pyridine rings is 1. The van der Waals surface area contributed by atoms with Crippen molar-refractivity contribution in [3.8, 4) is 0 Å². The summed E-state index contributed by atoms with van der Waals surface area (Å²) in [5.41, 5.74) is 1.91. The molecule has 1 heterocycles. The monoisotopic (exact) mass is 325 g/mol. The molecule has 1 saturated carbocycles. The first kappa shape index (κ1) is 17.8. The molecule has 128 valence electrons. The molecule has 1 aliphatic rings. The molecule has 0 atom stereocenters. The number of carbonyl (C=O) groups is 1. The molecule has 0 amide bonds. The third-order valence-electron chi connectivity index (χ3n) is 4.36. The quantitative estimate of drug-likeness (QED) is 0.746. The van der Waals surface area contributed by atoms with E-state index in [1.54, 1.807) is 13.1 Å². The van der Waals surface area contributed by atoms with Gasteiger partial charge in [-0.25, -0.2) is 13.6 Å². The molecule has 2 rings (SSSR count). The van der Waals surface area contributed by atoms with E-state index in [0.29, 0.717) is 18.4 Å². The fourth-order valence-corrected chi connectivity index (χ4v) is 2.95. The number of hydrogen-bond donors (Lipinski definition) is 0. The molecule has 0 spiro atoms. The average molecular weight is 325 g/mol. The van der Waals surface area contributed by atoms with Gasteiger partial charge >= 0.3 is 5.97 Å². The summed E-state index contributed by atoms with van der Waals surface area (Å²) in [7, 11) is 0. The van der Waals surface area contributed by atoms with Gasteiger partial charge in [0.2, 0.25) is 5.92 Å². The van der Waals surface area contributed by atoms with Crippen molar-refractivity contribution >= 4 is 5.97 Å². The second-order valence-corrected chi connectivity index (χ2v) is 7.26. The van der Waals surface area contributed by atoms with Crippen LogP contribution in [-0.4, -0.2) is 23.5 Å². The van der Waals surface area contributed by atoms with E-state index in [4.69, 9.17) is 4.74 Å². The number of esters is 1. The number of rotatable bonds is 3. The predicted octanol–water partition coefficient (Wildman–Crippen LogP) is 4.85. The maximum atomic E-state index is 13.4. The van der Waals surface area contributed by atoms with E-state index in [2.05, 4.69) is 4.98 Å². The summed E-state index contributed by atoms with van der Waals surface area (Å²) >= 11 is 0. The van der Waals surface area contributed by atoms with Gasteiger partial charge in [-0.1, -0.05) is 20.8 Å². The lowest BCUT2D eigenvalue weighted by Gasteiger charge is -2.30. The molecule has 0 N–H and O–H groups in total. The molecule has 3 nitrogen and oxygen atoms in total. The summed E-state index contributed by atoms with van der Waals surface area (Å²) in [6.45, 7) is 8.15. The van der Waals surface area contributed by atoms with Crippen LogP contribution in [0.4, 0.5) is 8.78 Å². The van der Waals surface area contributed by atoms with E-state index in [1.165, 1.54) is 0 Å². The van der Waals surface area contributed by atoms with Gasteiger partial charge in [0.05, 0.1) is 12.2 Å². The summed E-state index contributed by atoms with van der Waals surface area (Å²) in [5, 5.41) is 0. The predicted molar refractivity (Wildman–Crippen MR) is 85.0 cm³/mol. The van der Waals surface area contributed by atoms with Crippen LogP contribution < -0.4 is 0 Å². The van der Waals surface area contributed by atoms with E-state index in [1.807, 2.05) is 26.8 Å². The Hall–Kier alpha value is -1.52. The molecule has 1 aliphatic carbocycles. The highest BCUT2D eigenvalue weighted by atomic mass is 19.3. The lowest BCUT2D eigenvalue weighted by Crippen LogP contribution is -2.25. The first-order valence-corrected chi connectivity index (χ1v) is 8.19. The first-order chi connectivity index (χ1) is 10.6. The lowest BCUT2D eigenvalue weighted by atomic mass is 9.79. The Labute approximate surface area is 136 Å². The SMILES string of the molecule is CCOC(=O)c1cnc(C(C)(C)C)cc1C1CCC(F)(F)CC1. The Morgan fingerprint density at radius 1 is 1.35 bits per heavy atom. The van der Waals surface area contributed by atoms with Crippen molar-refractivity contribution in [2.24, 2.45) is 0 Å². The van der Waals surface area contributed by atoms with E-state index >= 15 is 0 Å². The van der Waals surface area contributed by atoms with Gasteiger partial charge < -0.3 is 4.74 Å². The highest BCUT2D eigenvalue weighted by Crippen LogP contribution is 2.42. The molecule has 23 heavy (non-hydrogen) atoms. The third kappa shape index (κ3) is 4.27. The molecule has 0 bridgehead atoms. The number of nitrogens with zero attached hydrogens (tertiary/aromatic N) is 1. The maximum Gasteiger partial charge on any atom is 0.339 e. The largest absolute Gasteiger partial charge is 0.462 e. The summed E-state index contributed by atoms with van der Waals surface area (Å²) in [6.07, 6.45) is 2.04. The van der Waals surface area contributed by atoms with Crippen molar-refractivity contribution < 1.29 is 18.3 Å². The van der Waals surface area contributed by atoms with E-state index in [9.17, 15) is 13.6 Å². The molecule has 0 unspecified atom stereocenters. The average Bonchev–Trinajstić information content (AvgIpc) is 2.46. The lowest BCUT2D eigenvalue weighted by molar-refractivity contribution is -0.0382. The smallest absolute Gasteiger partial charge is 0.339 e. The zero-order valence-electron chi connectivity index (χ0n) is 14.3. The van der Waals surface area contributed by atoms with Gasteiger partial charge in [-0.05, 0) is 37.3 Å². The zero-order chi connectivity index (χ0) is 17.3. The number of ether oxygens (including phenoxy) is 1. The molecular weight excluding hydrogens is 300 g/mol. The van der Waals surface area contributed by atoms with Crippen LogP contribution >= 0.6 is 0 Å². The van der Waals surface area contributed by atoms with Crippen LogP contribution in [0.2, 0.25) is 0 Å². The minimum absolute atomic E-state index is 0.0434. The van der Waals surface area contributed by atoms with Crippen molar-refractivity contribution in [1.82, 2.24) is 4.98 Å². The molecule has 0 saturated heterocycles. The van der Waals surface area contributed by atoms with E-state index in [0.717, 1.165) is 11.3 Å². The second-order valence-electron chi connectivity index (χ2n) is 7.26. The molecule has 0 aromatic carbocycles. The third-order valence-corrected chi connectivity index (χ3v) is 4.36. The van der Waals surface area contributed by atoms with Crippen LogP contribution in [0.3, 0.4) is 0 Å². The van der Waals surface area contributed by atoms with Crippen LogP contribution in [0.5, 0.6) is 0 Å². The number of alkyl halides is 2. The van der Waals surface area contributed by atoms with Crippen LogP contribution in [0.25, 0.3) is 0 Å². The molecule has 0 radical (unpaired) electrons. The van der Waals surface area contributed by atoms with Crippen molar-refractivity contribution in [3.63, 3.8) is 0 Å². The van der Waals surface area contributed by atoms with Crippen LogP contribution in [0, 0.1) is 0 Å². The number of halogens is 2. The van der Waals surface area contributed by atoms with Crippen molar-refractivity contribution in [2.75, 3.05) is 6.61 Å². The zero-order valence-corrected chi connectivity index (χ0v) is 14.3. The summed E-state index contributed by atoms with van der Waals surface area (Å²) in [4.78, 5) is 16.6. The number of aromatic nitrogens is 1. The van der Waals surface area contributed by atoms with Crippen molar-refractivity contribution in [2.45, 2.75) is 70.6 Å². The standard InChI is InChI=1S/C18H25F2NO2/c1-5-23-16(22)14-11-21-15(17(2,3)4)10-13(14)12-6-8-18(19,20)9-7-12/h10-12H,5-9H2,1-4H3. The van der Waals surface area contributed by atoms with E-state index < -0.39 is 11.9 Å². The molecule has 1 aromatic heterocycles. The molecule has 1 aromatic rings. The number of hydrogen-bond acceptors (Lipinski definition) is 3. The van der Waals surface area contributed by atoms with Crippen LogP contribution in [-0.2, 0) is 10.2 Å². The number of carbonyl (C=O) groups excluding carboxylic acids is 1. The van der Waals surface area contributed by atoms with Gasteiger partial charge in [-0.15, -0.1) is 0 Å². The van der Waals surface area contributed by atoms with Gasteiger partial charge in [-0.3, -0.25) is 4.98 Å². The van der Waals surface area contributed by atoms with Gasteiger partial charge in [0.15, 0.2) is 0 Å². The van der Waals surface area contributed by atoms with Gasteiger partial charge in [-0.2, -0.15) is 0 Å². The molecule has 0 aliphatic heterocycles. The van der Waals surface area contributed by atoms with Crippen LogP contribution in [0.15, 0.2) is 12.3 Å². The molecule has 5 heteroatoms.